The highest BCUT2D eigenvalue weighted by molar-refractivity contribution is 7.15. The highest BCUT2D eigenvalue weighted by atomic mass is 32.1. The molecule has 0 bridgehead atoms. The van der Waals surface area contributed by atoms with Crippen LogP contribution in [0, 0.1) is 13.8 Å². The van der Waals surface area contributed by atoms with E-state index in [1.54, 1.807) is 17.5 Å². The smallest absolute Gasteiger partial charge is 0.149 e. The van der Waals surface area contributed by atoms with Crippen molar-refractivity contribution in [2.45, 2.75) is 20.4 Å². The molecule has 0 radical (unpaired) electrons. The first-order valence-electron chi connectivity index (χ1n) is 6.33. The lowest BCUT2D eigenvalue weighted by Gasteiger charge is -2.05. The highest BCUT2D eigenvalue weighted by Gasteiger charge is 2.16. The Hall–Kier alpha value is -2.06. The third-order valence-corrected chi connectivity index (χ3v) is 4.61. The molecule has 8 heteroatoms. The number of nitrogen functional groups attached to an aromatic ring is 1. The quantitative estimate of drug-likeness (QED) is 0.769. The second-order valence-corrected chi connectivity index (χ2v) is 6.15. The standard InChI is InChI=1S/C13H14N6S2/c1-7-6-20-13(17-7)10-11(14)19-21-12(10)16-5-9-3-4-15-8(2)18-9/h3-4,6,16H,5H2,1-2H3,(H2,14,19). The number of aromatic nitrogens is 4. The van der Waals surface area contributed by atoms with E-state index in [0.29, 0.717) is 12.4 Å². The van der Waals surface area contributed by atoms with Crippen molar-refractivity contribution in [1.82, 2.24) is 19.3 Å². The zero-order valence-corrected chi connectivity index (χ0v) is 13.3. The van der Waals surface area contributed by atoms with Crippen LogP contribution in [0.4, 0.5) is 10.8 Å². The molecule has 3 heterocycles. The molecule has 0 aliphatic heterocycles. The number of anilines is 2. The number of thiazole rings is 1. The number of nitrogens with two attached hydrogens (primary N) is 1. The van der Waals surface area contributed by atoms with Crippen LogP contribution < -0.4 is 11.1 Å². The minimum Gasteiger partial charge on any atom is -0.382 e. The first kappa shape index (κ1) is 13.9. The summed E-state index contributed by atoms with van der Waals surface area (Å²) in [4.78, 5) is 12.9. The van der Waals surface area contributed by atoms with Crippen molar-refractivity contribution in [2.24, 2.45) is 0 Å². The lowest BCUT2D eigenvalue weighted by Crippen LogP contribution is -2.03. The maximum absolute atomic E-state index is 5.98. The van der Waals surface area contributed by atoms with Crippen LogP contribution in [0.2, 0.25) is 0 Å². The summed E-state index contributed by atoms with van der Waals surface area (Å²) in [5.74, 6) is 1.27. The molecule has 0 fully saturated rings. The zero-order valence-electron chi connectivity index (χ0n) is 11.6. The van der Waals surface area contributed by atoms with Gasteiger partial charge < -0.3 is 11.1 Å². The van der Waals surface area contributed by atoms with E-state index in [1.165, 1.54) is 11.5 Å². The molecule has 0 spiro atoms. The summed E-state index contributed by atoms with van der Waals surface area (Å²) in [6.07, 6.45) is 1.76. The molecule has 0 saturated heterocycles. The van der Waals surface area contributed by atoms with E-state index in [-0.39, 0.29) is 0 Å². The van der Waals surface area contributed by atoms with Crippen molar-refractivity contribution >= 4 is 33.7 Å². The average Bonchev–Trinajstić information content (AvgIpc) is 3.02. The Balaban J connectivity index is 1.83. The zero-order chi connectivity index (χ0) is 14.8. The van der Waals surface area contributed by atoms with Gasteiger partial charge >= 0.3 is 0 Å². The Morgan fingerprint density at radius 2 is 2.14 bits per heavy atom. The number of rotatable bonds is 4. The molecule has 0 atom stereocenters. The van der Waals surface area contributed by atoms with Crippen LogP contribution in [0.5, 0.6) is 0 Å². The van der Waals surface area contributed by atoms with Gasteiger partial charge in [0.2, 0.25) is 0 Å². The van der Waals surface area contributed by atoms with Crippen LogP contribution in [-0.2, 0) is 6.54 Å². The van der Waals surface area contributed by atoms with Crippen molar-refractivity contribution in [3.05, 3.63) is 34.9 Å². The second-order valence-electron chi connectivity index (χ2n) is 4.51. The molecule has 0 unspecified atom stereocenters. The Labute approximate surface area is 130 Å². The summed E-state index contributed by atoms with van der Waals surface area (Å²) in [5.41, 5.74) is 8.77. The molecule has 6 nitrogen and oxygen atoms in total. The van der Waals surface area contributed by atoms with Crippen LogP contribution in [0.3, 0.4) is 0 Å². The summed E-state index contributed by atoms with van der Waals surface area (Å²) in [7, 11) is 0. The fourth-order valence-electron chi connectivity index (χ4n) is 1.87. The molecule has 21 heavy (non-hydrogen) atoms. The number of hydrogen-bond acceptors (Lipinski definition) is 8. The van der Waals surface area contributed by atoms with Gasteiger partial charge in [-0.3, -0.25) is 0 Å². The molecule has 3 aromatic rings. The maximum Gasteiger partial charge on any atom is 0.149 e. The number of nitrogens with zero attached hydrogens (tertiary/aromatic N) is 4. The Morgan fingerprint density at radius 3 is 2.86 bits per heavy atom. The fourth-order valence-corrected chi connectivity index (χ4v) is 3.50. The minimum atomic E-state index is 0.510. The van der Waals surface area contributed by atoms with Gasteiger partial charge in [-0.25, -0.2) is 15.0 Å². The van der Waals surface area contributed by atoms with E-state index in [4.69, 9.17) is 5.73 Å². The van der Waals surface area contributed by atoms with Crippen molar-refractivity contribution in [3.63, 3.8) is 0 Å². The molecule has 3 rings (SSSR count). The number of nitrogens with one attached hydrogen (secondary N) is 1. The average molecular weight is 318 g/mol. The molecule has 108 valence electrons. The Bertz CT molecular complexity index is 764. The van der Waals surface area contributed by atoms with Gasteiger partial charge in [0.25, 0.3) is 0 Å². The largest absolute Gasteiger partial charge is 0.382 e. The molecule has 3 aromatic heterocycles. The lowest BCUT2D eigenvalue weighted by atomic mass is 10.3. The van der Waals surface area contributed by atoms with E-state index < -0.39 is 0 Å². The molecule has 3 N–H and O–H groups in total. The van der Waals surface area contributed by atoms with Gasteiger partial charge in [0, 0.05) is 17.3 Å². The van der Waals surface area contributed by atoms with Crippen LogP contribution in [0.25, 0.3) is 10.6 Å². The molecule has 0 aliphatic rings. The van der Waals surface area contributed by atoms with Gasteiger partial charge in [0.15, 0.2) is 0 Å². The van der Waals surface area contributed by atoms with Gasteiger partial charge in [-0.05, 0) is 31.4 Å². The minimum absolute atomic E-state index is 0.510. The molecule has 0 aliphatic carbocycles. The topological polar surface area (TPSA) is 89.6 Å². The molecular formula is C13H14N6S2. The molecule has 0 saturated carbocycles. The summed E-state index contributed by atoms with van der Waals surface area (Å²) < 4.78 is 4.22. The highest BCUT2D eigenvalue weighted by Crippen LogP contribution is 2.38. The van der Waals surface area contributed by atoms with Crippen LogP contribution in [-0.4, -0.2) is 19.3 Å². The summed E-state index contributed by atoms with van der Waals surface area (Å²) in [6.45, 7) is 4.44. The summed E-state index contributed by atoms with van der Waals surface area (Å²) in [5, 5.41) is 7.15. The third-order valence-electron chi connectivity index (χ3n) is 2.82. The van der Waals surface area contributed by atoms with E-state index in [1.807, 2.05) is 25.3 Å². The van der Waals surface area contributed by atoms with Crippen LogP contribution >= 0.6 is 22.9 Å². The number of hydrogen-bond donors (Lipinski definition) is 2. The molecule has 0 aromatic carbocycles. The lowest BCUT2D eigenvalue weighted by molar-refractivity contribution is 0.957. The van der Waals surface area contributed by atoms with Crippen molar-refractivity contribution in [3.8, 4) is 10.6 Å². The monoisotopic (exact) mass is 318 g/mol. The van der Waals surface area contributed by atoms with Gasteiger partial charge in [0.05, 0.1) is 17.8 Å². The van der Waals surface area contributed by atoms with Gasteiger partial charge in [0.1, 0.15) is 21.7 Å². The van der Waals surface area contributed by atoms with Crippen LogP contribution in [0.1, 0.15) is 17.2 Å². The second kappa shape index (κ2) is 5.74. The predicted molar refractivity (Wildman–Crippen MR) is 86.5 cm³/mol. The van der Waals surface area contributed by atoms with Gasteiger partial charge in [-0.1, -0.05) is 0 Å². The normalized spacial score (nSPS) is 10.8. The Morgan fingerprint density at radius 1 is 1.29 bits per heavy atom. The first-order chi connectivity index (χ1) is 10.1. The summed E-state index contributed by atoms with van der Waals surface area (Å²) >= 11 is 2.91. The van der Waals surface area contributed by atoms with E-state index in [0.717, 1.165) is 32.8 Å². The first-order valence-corrected chi connectivity index (χ1v) is 7.99. The summed E-state index contributed by atoms with van der Waals surface area (Å²) in [6, 6.07) is 1.89. The van der Waals surface area contributed by atoms with Gasteiger partial charge in [-0.2, -0.15) is 4.37 Å². The fraction of sp³-hybridized carbons (Fsp3) is 0.231. The maximum atomic E-state index is 5.98. The SMILES string of the molecule is Cc1csc(-c2c(N)nsc2NCc2ccnc(C)n2)n1. The van der Waals surface area contributed by atoms with E-state index in [9.17, 15) is 0 Å². The molecule has 0 amide bonds. The Kier molecular flexibility index (Phi) is 3.80. The van der Waals surface area contributed by atoms with Crippen molar-refractivity contribution < 1.29 is 0 Å². The number of aryl methyl sites for hydroxylation is 2. The predicted octanol–water partition coefficient (Wildman–Crippen LogP) is 2.87. The van der Waals surface area contributed by atoms with E-state index >= 15 is 0 Å². The van der Waals surface area contributed by atoms with Crippen molar-refractivity contribution in [1.29, 1.82) is 0 Å². The van der Waals surface area contributed by atoms with Crippen molar-refractivity contribution in [2.75, 3.05) is 11.1 Å². The van der Waals surface area contributed by atoms with Crippen LogP contribution in [0.15, 0.2) is 17.6 Å². The molecular weight excluding hydrogens is 304 g/mol. The third kappa shape index (κ3) is 3.01. The van der Waals surface area contributed by atoms with E-state index in [2.05, 4.69) is 24.6 Å². The van der Waals surface area contributed by atoms with Gasteiger partial charge in [-0.15, -0.1) is 11.3 Å².